The number of nitrogens with zero attached hydrogens (tertiary/aromatic N) is 2. The summed E-state index contributed by atoms with van der Waals surface area (Å²) >= 11 is 0. The molecule has 0 atom stereocenters. The number of nitrogen functional groups attached to an aromatic ring is 1. The van der Waals surface area contributed by atoms with Gasteiger partial charge in [0.1, 0.15) is 0 Å². The Morgan fingerprint density at radius 2 is 2.11 bits per heavy atom. The first kappa shape index (κ1) is 13.4. The molecule has 0 aromatic carbocycles. The van der Waals surface area contributed by atoms with Crippen LogP contribution in [0.5, 0.6) is 0 Å². The summed E-state index contributed by atoms with van der Waals surface area (Å²) in [6.45, 7) is 3.48. The summed E-state index contributed by atoms with van der Waals surface area (Å²) in [7, 11) is 0. The molecular formula is C12H19N5O2. The number of H-pyrrole nitrogens is 1. The number of amides is 2. The molecule has 7 nitrogen and oxygen atoms in total. The third-order valence-corrected chi connectivity index (χ3v) is 3.23. The Bertz CT molecular complexity index is 504. The molecule has 0 spiro atoms. The molecule has 1 aliphatic rings. The van der Waals surface area contributed by atoms with Crippen molar-refractivity contribution < 1.29 is 9.59 Å². The lowest BCUT2D eigenvalue weighted by Crippen LogP contribution is -2.43. The molecule has 0 radical (unpaired) electrons. The van der Waals surface area contributed by atoms with Crippen LogP contribution in [0.3, 0.4) is 0 Å². The Morgan fingerprint density at radius 3 is 2.58 bits per heavy atom. The molecular weight excluding hydrogens is 246 g/mol. The molecule has 5 N–H and O–H groups in total. The van der Waals surface area contributed by atoms with E-state index in [0.29, 0.717) is 11.6 Å². The summed E-state index contributed by atoms with van der Waals surface area (Å²) in [5.41, 5.74) is 12.5. The first-order valence-corrected chi connectivity index (χ1v) is 6.34. The van der Waals surface area contributed by atoms with Crippen molar-refractivity contribution >= 4 is 17.5 Å². The molecule has 2 rings (SSSR count). The maximum Gasteiger partial charge on any atom is 0.277 e. The first-order chi connectivity index (χ1) is 8.91. The fourth-order valence-corrected chi connectivity index (χ4v) is 2.00. The second-order valence-corrected chi connectivity index (χ2v) is 5.17. The molecule has 2 amide bonds. The number of anilines is 1. The highest BCUT2D eigenvalue weighted by Gasteiger charge is 2.32. The molecule has 0 saturated heterocycles. The lowest BCUT2D eigenvalue weighted by atomic mass is 10.2. The van der Waals surface area contributed by atoms with Gasteiger partial charge in [-0.25, -0.2) is 0 Å². The van der Waals surface area contributed by atoms with E-state index in [9.17, 15) is 9.59 Å². The summed E-state index contributed by atoms with van der Waals surface area (Å²) in [5, 5.41) is 6.82. The van der Waals surface area contributed by atoms with Crippen LogP contribution in [-0.2, 0) is 4.79 Å². The van der Waals surface area contributed by atoms with Crippen molar-refractivity contribution in [2.45, 2.75) is 38.6 Å². The molecule has 7 heteroatoms. The van der Waals surface area contributed by atoms with E-state index in [2.05, 4.69) is 10.2 Å². The summed E-state index contributed by atoms with van der Waals surface area (Å²) in [6.07, 6.45) is 2.13. The largest absolute Gasteiger partial charge is 0.395 e. The third kappa shape index (κ3) is 2.69. The van der Waals surface area contributed by atoms with E-state index >= 15 is 0 Å². The summed E-state index contributed by atoms with van der Waals surface area (Å²) in [6, 6.07) is -0.152. The molecule has 19 heavy (non-hydrogen) atoms. The van der Waals surface area contributed by atoms with Crippen LogP contribution < -0.4 is 11.5 Å². The molecule has 0 aliphatic heterocycles. The molecule has 1 heterocycles. The van der Waals surface area contributed by atoms with E-state index in [1.165, 1.54) is 4.90 Å². The van der Waals surface area contributed by atoms with Crippen LogP contribution in [0.1, 0.15) is 48.8 Å². The maximum absolute atomic E-state index is 12.4. The van der Waals surface area contributed by atoms with Gasteiger partial charge < -0.3 is 16.4 Å². The minimum atomic E-state index is -0.557. The highest BCUT2D eigenvalue weighted by atomic mass is 16.2. The number of primary amides is 1. The molecule has 1 aliphatic carbocycles. The molecule has 1 saturated carbocycles. The summed E-state index contributed by atoms with van der Waals surface area (Å²) in [5.74, 6) is -0.536. The number of carbonyl (C=O) groups is 2. The quantitative estimate of drug-likeness (QED) is 0.704. The molecule has 1 fully saturated rings. The topological polar surface area (TPSA) is 118 Å². The van der Waals surface area contributed by atoms with Crippen molar-refractivity contribution in [2.24, 2.45) is 5.73 Å². The van der Waals surface area contributed by atoms with Gasteiger partial charge in [-0.1, -0.05) is 0 Å². The number of rotatable bonds is 5. The Hall–Kier alpha value is -2.05. The van der Waals surface area contributed by atoms with Crippen LogP contribution >= 0.6 is 0 Å². The minimum absolute atomic E-state index is 0.137. The Balaban J connectivity index is 2.23. The van der Waals surface area contributed by atoms with E-state index < -0.39 is 5.91 Å². The molecule has 0 bridgehead atoms. The van der Waals surface area contributed by atoms with Crippen LogP contribution in [0.2, 0.25) is 0 Å². The van der Waals surface area contributed by atoms with E-state index in [1.807, 2.05) is 13.8 Å². The zero-order valence-electron chi connectivity index (χ0n) is 11.1. The van der Waals surface area contributed by atoms with Gasteiger partial charge >= 0.3 is 0 Å². The van der Waals surface area contributed by atoms with Gasteiger partial charge in [0, 0.05) is 12.0 Å². The van der Waals surface area contributed by atoms with E-state index in [1.54, 1.807) is 0 Å². The van der Waals surface area contributed by atoms with Crippen LogP contribution in [0.15, 0.2) is 0 Å². The van der Waals surface area contributed by atoms with Crippen molar-refractivity contribution in [3.63, 3.8) is 0 Å². The van der Waals surface area contributed by atoms with E-state index in [4.69, 9.17) is 11.5 Å². The maximum atomic E-state index is 12.4. The van der Waals surface area contributed by atoms with Crippen LogP contribution in [0, 0.1) is 0 Å². The van der Waals surface area contributed by atoms with Gasteiger partial charge in [0.25, 0.3) is 5.91 Å². The predicted molar refractivity (Wildman–Crippen MR) is 70.3 cm³/mol. The highest BCUT2D eigenvalue weighted by molar-refractivity contribution is 5.99. The van der Waals surface area contributed by atoms with Crippen molar-refractivity contribution in [2.75, 3.05) is 12.3 Å². The number of nitrogens with one attached hydrogen (secondary N) is 1. The van der Waals surface area contributed by atoms with Gasteiger partial charge in [0.15, 0.2) is 5.69 Å². The fourth-order valence-electron chi connectivity index (χ4n) is 2.00. The second-order valence-electron chi connectivity index (χ2n) is 5.17. The van der Waals surface area contributed by atoms with Gasteiger partial charge in [0.05, 0.1) is 17.9 Å². The number of carbonyl (C=O) groups excluding carboxylic acids is 2. The SMILES string of the molecule is CC(C)N(CC(N)=O)C(=O)c1n[nH]c(C2CC2)c1N. The lowest BCUT2D eigenvalue weighted by Gasteiger charge is -2.24. The molecule has 1 aromatic rings. The number of aromatic amines is 1. The van der Waals surface area contributed by atoms with Gasteiger partial charge in [-0.05, 0) is 26.7 Å². The van der Waals surface area contributed by atoms with Crippen LogP contribution in [0.4, 0.5) is 5.69 Å². The Morgan fingerprint density at radius 1 is 1.47 bits per heavy atom. The third-order valence-electron chi connectivity index (χ3n) is 3.23. The zero-order chi connectivity index (χ0) is 14.2. The van der Waals surface area contributed by atoms with E-state index in [0.717, 1.165) is 18.5 Å². The Kier molecular flexibility index (Phi) is 3.46. The predicted octanol–water partition coefficient (Wildman–Crippen LogP) is 0.205. The van der Waals surface area contributed by atoms with Gasteiger partial charge in [0.2, 0.25) is 5.91 Å². The standard InChI is InChI=1S/C12H19N5O2/c1-6(2)17(5-8(13)18)12(19)11-9(14)10(15-16-11)7-3-4-7/h6-7H,3-5,14H2,1-2H3,(H2,13,18)(H,15,16). The average Bonchev–Trinajstić information content (AvgIpc) is 3.09. The fraction of sp³-hybridized carbons (Fsp3) is 0.583. The second kappa shape index (κ2) is 4.91. The van der Waals surface area contributed by atoms with Crippen LogP contribution in [-0.4, -0.2) is 39.5 Å². The highest BCUT2D eigenvalue weighted by Crippen LogP contribution is 2.42. The van der Waals surface area contributed by atoms with Gasteiger partial charge in [-0.2, -0.15) is 5.10 Å². The van der Waals surface area contributed by atoms with Crippen molar-refractivity contribution in [3.8, 4) is 0 Å². The molecule has 104 valence electrons. The number of hydrogen-bond acceptors (Lipinski definition) is 4. The summed E-state index contributed by atoms with van der Waals surface area (Å²) < 4.78 is 0. The van der Waals surface area contributed by atoms with Crippen molar-refractivity contribution in [1.29, 1.82) is 0 Å². The average molecular weight is 265 g/mol. The zero-order valence-corrected chi connectivity index (χ0v) is 11.1. The van der Waals surface area contributed by atoms with Crippen molar-refractivity contribution in [1.82, 2.24) is 15.1 Å². The lowest BCUT2D eigenvalue weighted by molar-refractivity contribution is -0.119. The van der Waals surface area contributed by atoms with Gasteiger partial charge in [-0.15, -0.1) is 0 Å². The normalized spacial score (nSPS) is 14.7. The van der Waals surface area contributed by atoms with Gasteiger partial charge in [-0.3, -0.25) is 14.7 Å². The molecule has 1 aromatic heterocycles. The smallest absolute Gasteiger partial charge is 0.277 e. The first-order valence-electron chi connectivity index (χ1n) is 6.34. The molecule has 0 unspecified atom stereocenters. The monoisotopic (exact) mass is 265 g/mol. The Labute approximate surface area is 111 Å². The van der Waals surface area contributed by atoms with E-state index in [-0.39, 0.29) is 24.2 Å². The number of hydrogen-bond donors (Lipinski definition) is 3. The number of nitrogens with two attached hydrogens (primary N) is 2. The minimum Gasteiger partial charge on any atom is -0.395 e. The van der Waals surface area contributed by atoms with Crippen LogP contribution in [0.25, 0.3) is 0 Å². The summed E-state index contributed by atoms with van der Waals surface area (Å²) in [4.78, 5) is 24.7. The van der Waals surface area contributed by atoms with Crippen molar-refractivity contribution in [3.05, 3.63) is 11.4 Å². The number of aromatic nitrogens is 2.